The van der Waals surface area contributed by atoms with E-state index in [4.69, 9.17) is 9.47 Å². The molecule has 148 valence electrons. The molecular formula is C22H27N3O3. The Labute approximate surface area is 166 Å². The van der Waals surface area contributed by atoms with Gasteiger partial charge in [-0.05, 0) is 24.3 Å². The molecule has 0 aliphatic carbocycles. The first-order valence-corrected chi connectivity index (χ1v) is 9.50. The van der Waals surface area contributed by atoms with Crippen molar-refractivity contribution in [1.29, 1.82) is 0 Å². The number of piperazine rings is 1. The monoisotopic (exact) mass is 381 g/mol. The summed E-state index contributed by atoms with van der Waals surface area (Å²) < 4.78 is 10.9. The second-order valence-corrected chi connectivity index (χ2v) is 6.77. The molecule has 2 atom stereocenters. The molecular weight excluding hydrogens is 354 g/mol. The molecule has 2 heterocycles. The molecule has 1 aromatic carbocycles. The molecule has 2 aromatic rings. The fraction of sp³-hybridized carbons (Fsp3) is 0.364. The number of anilines is 1. The first-order valence-electron chi connectivity index (χ1n) is 9.50. The van der Waals surface area contributed by atoms with Crippen LogP contribution in [0.4, 0.5) is 5.69 Å². The summed E-state index contributed by atoms with van der Waals surface area (Å²) in [5, 5.41) is 0. The van der Waals surface area contributed by atoms with Crippen LogP contribution in [-0.2, 0) is 9.53 Å². The van der Waals surface area contributed by atoms with E-state index < -0.39 is 6.10 Å². The summed E-state index contributed by atoms with van der Waals surface area (Å²) in [5.41, 5.74) is 1.19. The van der Waals surface area contributed by atoms with E-state index in [1.807, 2.05) is 54.9 Å². The van der Waals surface area contributed by atoms with Gasteiger partial charge in [0.2, 0.25) is 6.10 Å². The standard InChI is InChI=1S/C22H27N3O3/c1-3-18(21(22(26)27-2)28-20-7-5-4-6-8-20)17-24-13-15-25(16-14-24)19-9-11-23-12-10-19/h3-12,18,21H,1,13-17H2,2H3. The fourth-order valence-corrected chi connectivity index (χ4v) is 3.41. The number of benzene rings is 1. The average molecular weight is 381 g/mol. The van der Waals surface area contributed by atoms with Crippen molar-refractivity contribution in [3.8, 4) is 5.75 Å². The lowest BCUT2D eigenvalue weighted by atomic mass is 10.0. The zero-order valence-electron chi connectivity index (χ0n) is 16.2. The van der Waals surface area contributed by atoms with Crippen LogP contribution in [0.2, 0.25) is 0 Å². The molecule has 1 aromatic heterocycles. The van der Waals surface area contributed by atoms with E-state index in [0.29, 0.717) is 12.3 Å². The van der Waals surface area contributed by atoms with Gasteiger partial charge >= 0.3 is 5.97 Å². The van der Waals surface area contributed by atoms with E-state index in [1.54, 1.807) is 6.08 Å². The van der Waals surface area contributed by atoms with Crippen LogP contribution >= 0.6 is 0 Å². The molecule has 1 aliphatic rings. The van der Waals surface area contributed by atoms with Gasteiger partial charge in [-0.3, -0.25) is 9.88 Å². The minimum absolute atomic E-state index is 0.167. The highest BCUT2D eigenvalue weighted by Crippen LogP contribution is 2.20. The van der Waals surface area contributed by atoms with Gasteiger partial charge in [0.1, 0.15) is 5.75 Å². The van der Waals surface area contributed by atoms with Crippen molar-refractivity contribution in [3.63, 3.8) is 0 Å². The van der Waals surface area contributed by atoms with Crippen molar-refractivity contribution in [1.82, 2.24) is 9.88 Å². The largest absolute Gasteiger partial charge is 0.478 e. The molecule has 0 N–H and O–H groups in total. The second-order valence-electron chi connectivity index (χ2n) is 6.77. The van der Waals surface area contributed by atoms with Crippen LogP contribution < -0.4 is 9.64 Å². The average Bonchev–Trinajstić information content (AvgIpc) is 2.77. The van der Waals surface area contributed by atoms with Gasteiger partial charge in [0, 0.05) is 56.7 Å². The Kier molecular flexibility index (Phi) is 7.03. The van der Waals surface area contributed by atoms with E-state index in [9.17, 15) is 4.79 Å². The Hall–Kier alpha value is -2.86. The lowest BCUT2D eigenvalue weighted by Gasteiger charge is -2.38. The number of methoxy groups -OCH3 is 1. The van der Waals surface area contributed by atoms with Crippen molar-refractivity contribution in [3.05, 3.63) is 67.5 Å². The number of carbonyl (C=O) groups excluding carboxylic acids is 1. The molecule has 1 fully saturated rings. The first kappa shape index (κ1) is 19.9. The van der Waals surface area contributed by atoms with Crippen LogP contribution in [0.1, 0.15) is 0 Å². The number of nitrogens with zero attached hydrogens (tertiary/aromatic N) is 3. The van der Waals surface area contributed by atoms with Crippen molar-refractivity contribution < 1.29 is 14.3 Å². The topological polar surface area (TPSA) is 54.9 Å². The van der Waals surface area contributed by atoms with Gasteiger partial charge in [-0.1, -0.05) is 24.3 Å². The Balaban J connectivity index is 1.61. The fourth-order valence-electron chi connectivity index (χ4n) is 3.41. The highest BCUT2D eigenvalue weighted by Gasteiger charge is 2.31. The highest BCUT2D eigenvalue weighted by molar-refractivity contribution is 5.75. The molecule has 0 spiro atoms. The molecule has 0 amide bonds. The first-order chi connectivity index (χ1) is 13.7. The van der Waals surface area contributed by atoms with Gasteiger partial charge in [0.15, 0.2) is 0 Å². The number of esters is 1. The Morgan fingerprint density at radius 1 is 1.14 bits per heavy atom. The minimum atomic E-state index is -0.719. The zero-order chi connectivity index (χ0) is 19.8. The number of rotatable bonds is 8. The number of pyridine rings is 1. The van der Waals surface area contributed by atoms with Crippen LogP contribution in [0.5, 0.6) is 5.75 Å². The third kappa shape index (κ3) is 5.10. The SMILES string of the molecule is C=CC(CN1CCN(c2ccncc2)CC1)C(Oc1ccccc1)C(=O)OC. The summed E-state index contributed by atoms with van der Waals surface area (Å²) in [5.74, 6) is 0.0940. The Bertz CT molecular complexity index is 746. The number of carbonyl (C=O) groups is 1. The predicted molar refractivity (Wildman–Crippen MR) is 109 cm³/mol. The van der Waals surface area contributed by atoms with Gasteiger partial charge in [0.25, 0.3) is 0 Å². The normalized spacial score (nSPS) is 16.8. The van der Waals surface area contributed by atoms with Crippen LogP contribution in [0.3, 0.4) is 0 Å². The van der Waals surface area contributed by atoms with E-state index in [-0.39, 0.29) is 11.9 Å². The van der Waals surface area contributed by atoms with Crippen molar-refractivity contribution in [2.75, 3.05) is 44.7 Å². The van der Waals surface area contributed by atoms with Gasteiger partial charge in [-0.2, -0.15) is 0 Å². The van der Waals surface area contributed by atoms with Crippen molar-refractivity contribution >= 4 is 11.7 Å². The minimum Gasteiger partial charge on any atom is -0.478 e. The third-order valence-electron chi connectivity index (χ3n) is 5.00. The maximum atomic E-state index is 12.4. The lowest BCUT2D eigenvalue weighted by molar-refractivity contribution is -0.151. The van der Waals surface area contributed by atoms with Crippen LogP contribution in [0, 0.1) is 5.92 Å². The Morgan fingerprint density at radius 3 is 2.43 bits per heavy atom. The second kappa shape index (κ2) is 9.90. The third-order valence-corrected chi connectivity index (χ3v) is 5.00. The number of aromatic nitrogens is 1. The molecule has 0 radical (unpaired) electrons. The number of hydrogen-bond acceptors (Lipinski definition) is 6. The molecule has 6 heteroatoms. The quantitative estimate of drug-likeness (QED) is 0.518. The molecule has 1 aliphatic heterocycles. The summed E-state index contributed by atoms with van der Waals surface area (Å²) in [6.45, 7) is 8.30. The van der Waals surface area contributed by atoms with E-state index in [1.165, 1.54) is 12.8 Å². The number of para-hydroxylation sites is 1. The van der Waals surface area contributed by atoms with E-state index >= 15 is 0 Å². The summed E-state index contributed by atoms with van der Waals surface area (Å²) in [4.78, 5) is 21.1. The van der Waals surface area contributed by atoms with Gasteiger partial charge < -0.3 is 14.4 Å². The van der Waals surface area contributed by atoms with Crippen LogP contribution in [0.15, 0.2) is 67.5 Å². The zero-order valence-corrected chi connectivity index (χ0v) is 16.2. The van der Waals surface area contributed by atoms with Crippen LogP contribution in [-0.4, -0.2) is 61.8 Å². The smallest absolute Gasteiger partial charge is 0.347 e. The van der Waals surface area contributed by atoms with Crippen molar-refractivity contribution in [2.24, 2.45) is 5.92 Å². The van der Waals surface area contributed by atoms with Gasteiger partial charge in [-0.15, -0.1) is 6.58 Å². The maximum absolute atomic E-state index is 12.4. The van der Waals surface area contributed by atoms with Crippen molar-refractivity contribution in [2.45, 2.75) is 6.10 Å². The van der Waals surface area contributed by atoms with Gasteiger partial charge in [0.05, 0.1) is 7.11 Å². The van der Waals surface area contributed by atoms with E-state index in [0.717, 1.165) is 26.2 Å². The highest BCUT2D eigenvalue weighted by atomic mass is 16.6. The summed E-state index contributed by atoms with van der Waals surface area (Å²) in [6, 6.07) is 13.4. The molecule has 3 rings (SSSR count). The number of ether oxygens (including phenoxy) is 2. The van der Waals surface area contributed by atoms with Gasteiger partial charge in [-0.25, -0.2) is 4.79 Å². The molecule has 2 unspecified atom stereocenters. The predicted octanol–water partition coefficient (Wildman–Crippen LogP) is 2.63. The molecule has 0 bridgehead atoms. The maximum Gasteiger partial charge on any atom is 0.347 e. The lowest BCUT2D eigenvalue weighted by Crippen LogP contribution is -2.50. The van der Waals surface area contributed by atoms with Crippen LogP contribution in [0.25, 0.3) is 0 Å². The Morgan fingerprint density at radius 2 is 1.82 bits per heavy atom. The molecule has 0 saturated carbocycles. The summed E-state index contributed by atoms with van der Waals surface area (Å²) in [7, 11) is 1.39. The summed E-state index contributed by atoms with van der Waals surface area (Å²) >= 11 is 0. The number of hydrogen-bond donors (Lipinski definition) is 0. The molecule has 28 heavy (non-hydrogen) atoms. The summed E-state index contributed by atoms with van der Waals surface area (Å²) in [6.07, 6.45) is 4.71. The molecule has 6 nitrogen and oxygen atoms in total. The van der Waals surface area contributed by atoms with E-state index in [2.05, 4.69) is 21.4 Å². The molecule has 1 saturated heterocycles.